The number of hydrogen-bond donors (Lipinski definition) is 2. The fourth-order valence-electron chi connectivity index (χ4n) is 1.46. The van der Waals surface area contributed by atoms with Crippen molar-refractivity contribution in [1.29, 1.82) is 0 Å². The van der Waals surface area contributed by atoms with Gasteiger partial charge in [0.1, 0.15) is 5.69 Å². The summed E-state index contributed by atoms with van der Waals surface area (Å²) in [6.45, 7) is 0.572. The van der Waals surface area contributed by atoms with Crippen LogP contribution in [0, 0.1) is 0 Å². The number of amides is 1. The highest BCUT2D eigenvalue weighted by atomic mass is 16.4. The Bertz CT molecular complexity index is 381. The van der Waals surface area contributed by atoms with Crippen molar-refractivity contribution >= 4 is 11.9 Å². The van der Waals surface area contributed by atoms with Crippen molar-refractivity contribution in [3.63, 3.8) is 0 Å². The molecule has 1 aromatic heterocycles. The largest absolute Gasteiger partial charge is 0.481 e. The van der Waals surface area contributed by atoms with E-state index in [1.807, 2.05) is 0 Å². The quantitative estimate of drug-likeness (QED) is 0.678. The molecule has 6 nitrogen and oxygen atoms in total. The molecule has 0 radical (unpaired) electrons. The second kappa shape index (κ2) is 8.16. The summed E-state index contributed by atoms with van der Waals surface area (Å²) in [5.74, 6) is -0.986. The second-order valence-electron chi connectivity index (χ2n) is 3.90. The molecule has 1 rings (SSSR count). The van der Waals surface area contributed by atoms with Crippen LogP contribution >= 0.6 is 0 Å². The number of nitrogens with zero attached hydrogens (tertiary/aromatic N) is 2. The van der Waals surface area contributed by atoms with Gasteiger partial charge in [-0.1, -0.05) is 12.8 Å². The van der Waals surface area contributed by atoms with Crippen LogP contribution in [0.2, 0.25) is 0 Å². The smallest absolute Gasteiger partial charge is 0.303 e. The lowest BCUT2D eigenvalue weighted by atomic mass is 10.1. The van der Waals surface area contributed by atoms with E-state index in [1.165, 1.54) is 18.6 Å². The van der Waals surface area contributed by atoms with Gasteiger partial charge >= 0.3 is 5.97 Å². The molecule has 0 fully saturated rings. The molecule has 6 heteroatoms. The lowest BCUT2D eigenvalue weighted by molar-refractivity contribution is -0.137. The molecule has 0 saturated carbocycles. The van der Waals surface area contributed by atoms with E-state index in [1.54, 1.807) is 0 Å². The maximum absolute atomic E-state index is 11.5. The van der Waals surface area contributed by atoms with Crippen LogP contribution in [0.5, 0.6) is 0 Å². The highest BCUT2D eigenvalue weighted by molar-refractivity contribution is 5.91. The fourth-order valence-corrected chi connectivity index (χ4v) is 1.46. The Balaban J connectivity index is 2.05. The first-order valence-corrected chi connectivity index (χ1v) is 5.96. The van der Waals surface area contributed by atoms with Crippen molar-refractivity contribution in [2.24, 2.45) is 0 Å². The third-order valence-electron chi connectivity index (χ3n) is 2.40. The maximum Gasteiger partial charge on any atom is 0.303 e. The van der Waals surface area contributed by atoms with Gasteiger partial charge in [0.25, 0.3) is 5.91 Å². The topological polar surface area (TPSA) is 92.2 Å². The average molecular weight is 251 g/mol. The van der Waals surface area contributed by atoms with Crippen LogP contribution in [-0.2, 0) is 4.79 Å². The number of carboxylic acids is 1. The van der Waals surface area contributed by atoms with Gasteiger partial charge in [-0.3, -0.25) is 14.6 Å². The first-order valence-electron chi connectivity index (χ1n) is 5.96. The van der Waals surface area contributed by atoms with E-state index >= 15 is 0 Å². The van der Waals surface area contributed by atoms with Crippen molar-refractivity contribution in [3.8, 4) is 0 Å². The Morgan fingerprint density at radius 1 is 1.17 bits per heavy atom. The normalized spacial score (nSPS) is 10.0. The summed E-state index contributed by atoms with van der Waals surface area (Å²) in [4.78, 5) is 29.5. The first-order chi connectivity index (χ1) is 8.70. The van der Waals surface area contributed by atoms with Gasteiger partial charge in [-0.25, -0.2) is 4.98 Å². The molecule has 0 aliphatic rings. The standard InChI is InChI=1S/C12H17N3O3/c16-11(17)5-3-1-2-4-6-15-12(18)10-9-13-7-8-14-10/h7-9H,1-6H2,(H,15,18)(H,16,17). The monoisotopic (exact) mass is 251 g/mol. The van der Waals surface area contributed by atoms with Gasteiger partial charge in [0.05, 0.1) is 6.20 Å². The van der Waals surface area contributed by atoms with Crippen LogP contribution in [0.3, 0.4) is 0 Å². The Kier molecular flexibility index (Phi) is 6.38. The molecule has 2 N–H and O–H groups in total. The average Bonchev–Trinajstić information content (AvgIpc) is 2.38. The van der Waals surface area contributed by atoms with E-state index in [9.17, 15) is 9.59 Å². The van der Waals surface area contributed by atoms with Crippen molar-refractivity contribution in [3.05, 3.63) is 24.3 Å². The number of carboxylic acid groups (broad SMARTS) is 1. The summed E-state index contributed by atoms with van der Waals surface area (Å²) in [6.07, 6.45) is 7.93. The van der Waals surface area contributed by atoms with Crippen molar-refractivity contribution < 1.29 is 14.7 Å². The molecule has 18 heavy (non-hydrogen) atoms. The number of rotatable bonds is 8. The number of aromatic nitrogens is 2. The number of carbonyl (C=O) groups is 2. The predicted octanol–water partition coefficient (Wildman–Crippen LogP) is 1.24. The van der Waals surface area contributed by atoms with Gasteiger partial charge in [-0.2, -0.15) is 0 Å². The van der Waals surface area contributed by atoms with Crippen molar-refractivity contribution in [2.45, 2.75) is 32.1 Å². The van der Waals surface area contributed by atoms with E-state index in [2.05, 4.69) is 15.3 Å². The molecular formula is C12H17N3O3. The van der Waals surface area contributed by atoms with Crippen LogP contribution in [0.25, 0.3) is 0 Å². The van der Waals surface area contributed by atoms with Gasteiger partial charge < -0.3 is 10.4 Å². The number of hydrogen-bond acceptors (Lipinski definition) is 4. The molecule has 1 aromatic rings. The first kappa shape index (κ1) is 14.1. The summed E-state index contributed by atoms with van der Waals surface area (Å²) in [5.41, 5.74) is 0.309. The second-order valence-corrected chi connectivity index (χ2v) is 3.90. The molecular weight excluding hydrogens is 234 g/mol. The van der Waals surface area contributed by atoms with Gasteiger partial charge in [-0.15, -0.1) is 0 Å². The zero-order valence-electron chi connectivity index (χ0n) is 10.1. The Morgan fingerprint density at radius 3 is 2.61 bits per heavy atom. The van der Waals surface area contributed by atoms with Gasteiger partial charge in [0.15, 0.2) is 0 Å². The van der Waals surface area contributed by atoms with E-state index < -0.39 is 5.97 Å². The number of aliphatic carboxylic acids is 1. The highest BCUT2D eigenvalue weighted by Crippen LogP contribution is 2.02. The number of nitrogens with one attached hydrogen (secondary N) is 1. The third-order valence-corrected chi connectivity index (χ3v) is 2.40. The lowest BCUT2D eigenvalue weighted by Crippen LogP contribution is -2.25. The Morgan fingerprint density at radius 2 is 1.94 bits per heavy atom. The summed E-state index contributed by atoms with van der Waals surface area (Å²) in [7, 11) is 0. The zero-order valence-corrected chi connectivity index (χ0v) is 10.1. The van der Waals surface area contributed by atoms with Crippen LogP contribution < -0.4 is 5.32 Å². The maximum atomic E-state index is 11.5. The molecule has 0 spiro atoms. The zero-order chi connectivity index (χ0) is 13.2. The Hall–Kier alpha value is -1.98. The minimum atomic E-state index is -0.758. The lowest BCUT2D eigenvalue weighted by Gasteiger charge is -2.03. The van der Waals surface area contributed by atoms with Crippen LogP contribution in [0.1, 0.15) is 42.6 Å². The van der Waals surface area contributed by atoms with E-state index in [0.29, 0.717) is 18.7 Å². The van der Waals surface area contributed by atoms with E-state index in [0.717, 1.165) is 19.3 Å². The summed E-state index contributed by atoms with van der Waals surface area (Å²) in [6, 6.07) is 0. The van der Waals surface area contributed by atoms with E-state index in [-0.39, 0.29) is 12.3 Å². The summed E-state index contributed by atoms with van der Waals surface area (Å²) in [5, 5.41) is 11.2. The minimum Gasteiger partial charge on any atom is -0.481 e. The third kappa shape index (κ3) is 5.93. The Labute approximate surface area is 105 Å². The SMILES string of the molecule is O=C(O)CCCCCCNC(=O)c1cnccn1. The summed E-state index contributed by atoms with van der Waals surface area (Å²) >= 11 is 0. The van der Waals surface area contributed by atoms with Gasteiger partial charge in [0, 0.05) is 25.4 Å². The molecule has 0 atom stereocenters. The molecule has 0 saturated heterocycles. The van der Waals surface area contributed by atoms with Crippen molar-refractivity contribution in [2.75, 3.05) is 6.54 Å². The van der Waals surface area contributed by atoms with E-state index in [4.69, 9.17) is 5.11 Å². The van der Waals surface area contributed by atoms with Crippen LogP contribution in [0.4, 0.5) is 0 Å². The van der Waals surface area contributed by atoms with Crippen LogP contribution in [0.15, 0.2) is 18.6 Å². The van der Waals surface area contributed by atoms with Gasteiger partial charge in [0.2, 0.25) is 0 Å². The van der Waals surface area contributed by atoms with Gasteiger partial charge in [-0.05, 0) is 12.8 Å². The number of carbonyl (C=O) groups excluding carboxylic acids is 1. The number of unbranched alkanes of at least 4 members (excludes halogenated alkanes) is 3. The predicted molar refractivity (Wildman–Crippen MR) is 65.1 cm³/mol. The molecule has 1 amide bonds. The molecule has 0 bridgehead atoms. The minimum absolute atomic E-state index is 0.214. The summed E-state index contributed by atoms with van der Waals surface area (Å²) < 4.78 is 0. The molecule has 1 heterocycles. The van der Waals surface area contributed by atoms with Crippen molar-refractivity contribution in [1.82, 2.24) is 15.3 Å². The molecule has 0 aliphatic heterocycles. The molecule has 98 valence electrons. The molecule has 0 unspecified atom stereocenters. The fraction of sp³-hybridized carbons (Fsp3) is 0.500. The molecule has 0 aliphatic carbocycles. The molecule has 0 aromatic carbocycles. The van der Waals surface area contributed by atoms with Crippen LogP contribution in [-0.4, -0.2) is 33.5 Å². The highest BCUT2D eigenvalue weighted by Gasteiger charge is 2.05.